The molecule has 4 heteroatoms. The van der Waals surface area contributed by atoms with Crippen molar-refractivity contribution in [2.45, 2.75) is 57.4 Å². The van der Waals surface area contributed by atoms with E-state index in [-0.39, 0.29) is 11.5 Å². The fourth-order valence-electron chi connectivity index (χ4n) is 3.77. The van der Waals surface area contributed by atoms with Crippen LogP contribution in [0.2, 0.25) is 0 Å². The fourth-order valence-corrected chi connectivity index (χ4v) is 3.77. The standard InChI is InChI=1S/C16H30N2O2/c1-3-20-15(19)14-16(18-11-5-4-6-12-18)8-7-10-17(2)13-9-16/h3-14H2,1-2H3. The molecule has 2 aliphatic rings. The largest absolute Gasteiger partial charge is 0.466 e. The van der Waals surface area contributed by atoms with Crippen LogP contribution in [-0.2, 0) is 9.53 Å². The first-order valence-electron chi connectivity index (χ1n) is 8.25. The van der Waals surface area contributed by atoms with Crippen LogP contribution in [0.25, 0.3) is 0 Å². The zero-order valence-corrected chi connectivity index (χ0v) is 13.2. The van der Waals surface area contributed by atoms with Gasteiger partial charge in [-0.1, -0.05) is 6.42 Å². The van der Waals surface area contributed by atoms with Crippen molar-refractivity contribution in [3.63, 3.8) is 0 Å². The second kappa shape index (κ2) is 7.41. The van der Waals surface area contributed by atoms with Gasteiger partial charge >= 0.3 is 5.97 Å². The van der Waals surface area contributed by atoms with Crippen molar-refractivity contribution in [1.29, 1.82) is 0 Å². The van der Waals surface area contributed by atoms with Crippen LogP contribution in [0, 0.1) is 0 Å². The highest BCUT2D eigenvalue weighted by Crippen LogP contribution is 2.34. The number of hydrogen-bond acceptors (Lipinski definition) is 4. The van der Waals surface area contributed by atoms with E-state index in [2.05, 4.69) is 16.8 Å². The van der Waals surface area contributed by atoms with Crippen LogP contribution in [0.5, 0.6) is 0 Å². The van der Waals surface area contributed by atoms with Crippen molar-refractivity contribution < 1.29 is 9.53 Å². The van der Waals surface area contributed by atoms with Gasteiger partial charge in [0.05, 0.1) is 13.0 Å². The van der Waals surface area contributed by atoms with E-state index in [9.17, 15) is 4.79 Å². The second-order valence-electron chi connectivity index (χ2n) is 6.41. The Morgan fingerprint density at radius 1 is 1.05 bits per heavy atom. The summed E-state index contributed by atoms with van der Waals surface area (Å²) in [6.45, 7) is 6.95. The van der Waals surface area contributed by atoms with Crippen LogP contribution in [0.4, 0.5) is 0 Å². The summed E-state index contributed by atoms with van der Waals surface area (Å²) in [4.78, 5) is 17.1. The monoisotopic (exact) mass is 282 g/mol. The summed E-state index contributed by atoms with van der Waals surface area (Å²) >= 11 is 0. The lowest BCUT2D eigenvalue weighted by Crippen LogP contribution is -2.52. The number of piperidine rings is 1. The summed E-state index contributed by atoms with van der Waals surface area (Å²) in [7, 11) is 2.19. The van der Waals surface area contributed by atoms with E-state index in [1.807, 2.05) is 6.92 Å². The number of carbonyl (C=O) groups excluding carboxylic acids is 1. The first kappa shape index (κ1) is 15.8. The van der Waals surface area contributed by atoms with Crippen LogP contribution in [0.15, 0.2) is 0 Å². The third-order valence-corrected chi connectivity index (χ3v) is 4.95. The van der Waals surface area contributed by atoms with E-state index in [4.69, 9.17) is 4.74 Å². The Kier molecular flexibility index (Phi) is 5.85. The Morgan fingerprint density at radius 2 is 1.80 bits per heavy atom. The molecule has 20 heavy (non-hydrogen) atoms. The van der Waals surface area contributed by atoms with Crippen molar-refractivity contribution in [3.05, 3.63) is 0 Å². The van der Waals surface area contributed by atoms with Gasteiger partial charge in [-0.3, -0.25) is 9.69 Å². The maximum absolute atomic E-state index is 12.1. The molecule has 2 heterocycles. The van der Waals surface area contributed by atoms with E-state index in [0.29, 0.717) is 13.0 Å². The minimum absolute atomic E-state index is 0.0115. The molecule has 0 radical (unpaired) electrons. The zero-order chi connectivity index (χ0) is 14.4. The first-order chi connectivity index (χ1) is 9.66. The molecule has 0 spiro atoms. The highest BCUT2D eigenvalue weighted by Gasteiger charge is 2.40. The lowest BCUT2D eigenvalue weighted by molar-refractivity contribution is -0.147. The summed E-state index contributed by atoms with van der Waals surface area (Å²) in [5, 5.41) is 0. The highest BCUT2D eigenvalue weighted by atomic mass is 16.5. The van der Waals surface area contributed by atoms with Gasteiger partial charge in [-0.25, -0.2) is 0 Å². The van der Waals surface area contributed by atoms with Gasteiger partial charge in [0.2, 0.25) is 0 Å². The van der Waals surface area contributed by atoms with E-state index in [1.165, 1.54) is 25.7 Å². The van der Waals surface area contributed by atoms with Gasteiger partial charge in [-0.15, -0.1) is 0 Å². The Hall–Kier alpha value is -0.610. The lowest BCUT2D eigenvalue weighted by atomic mass is 9.83. The van der Waals surface area contributed by atoms with Crippen molar-refractivity contribution >= 4 is 5.97 Å². The van der Waals surface area contributed by atoms with E-state index < -0.39 is 0 Å². The summed E-state index contributed by atoms with van der Waals surface area (Å²) in [6, 6.07) is 0. The van der Waals surface area contributed by atoms with Crippen LogP contribution in [0.3, 0.4) is 0 Å². The molecule has 0 aliphatic carbocycles. The average molecular weight is 282 g/mol. The summed E-state index contributed by atoms with van der Waals surface area (Å²) in [5.41, 5.74) is 0.0530. The van der Waals surface area contributed by atoms with Crippen molar-refractivity contribution in [3.8, 4) is 0 Å². The number of rotatable bonds is 4. The fraction of sp³-hybridized carbons (Fsp3) is 0.938. The van der Waals surface area contributed by atoms with Gasteiger partial charge in [0.25, 0.3) is 0 Å². The maximum atomic E-state index is 12.1. The smallest absolute Gasteiger partial charge is 0.307 e. The second-order valence-corrected chi connectivity index (χ2v) is 6.41. The van der Waals surface area contributed by atoms with Gasteiger partial charge in [0.15, 0.2) is 0 Å². The molecule has 2 fully saturated rings. The molecule has 2 rings (SSSR count). The molecule has 0 aromatic carbocycles. The maximum Gasteiger partial charge on any atom is 0.307 e. The highest BCUT2D eigenvalue weighted by molar-refractivity contribution is 5.71. The quantitative estimate of drug-likeness (QED) is 0.741. The average Bonchev–Trinajstić information content (AvgIpc) is 2.63. The molecule has 0 aromatic rings. The van der Waals surface area contributed by atoms with Crippen LogP contribution in [-0.4, -0.2) is 61.1 Å². The molecule has 1 atom stereocenters. The number of carbonyl (C=O) groups is 1. The van der Waals surface area contributed by atoms with Gasteiger partial charge < -0.3 is 9.64 Å². The van der Waals surface area contributed by atoms with Crippen LogP contribution < -0.4 is 0 Å². The topological polar surface area (TPSA) is 32.8 Å². The van der Waals surface area contributed by atoms with Gasteiger partial charge in [0, 0.05) is 5.54 Å². The zero-order valence-electron chi connectivity index (χ0n) is 13.2. The Labute approximate surface area is 123 Å². The molecule has 116 valence electrons. The predicted molar refractivity (Wildman–Crippen MR) is 80.8 cm³/mol. The predicted octanol–water partition coefficient (Wildman–Crippen LogP) is 2.28. The number of esters is 1. The summed E-state index contributed by atoms with van der Waals surface area (Å²) < 4.78 is 5.25. The van der Waals surface area contributed by atoms with Crippen molar-refractivity contribution in [2.75, 3.05) is 39.8 Å². The minimum Gasteiger partial charge on any atom is -0.466 e. The number of hydrogen-bond donors (Lipinski definition) is 0. The number of likely N-dealkylation sites (tertiary alicyclic amines) is 2. The molecule has 4 nitrogen and oxygen atoms in total. The molecule has 2 saturated heterocycles. The molecule has 0 saturated carbocycles. The lowest BCUT2D eigenvalue weighted by Gasteiger charge is -2.45. The Bertz CT molecular complexity index is 316. The van der Waals surface area contributed by atoms with E-state index in [0.717, 1.165) is 39.0 Å². The molecular formula is C16H30N2O2. The molecular weight excluding hydrogens is 252 g/mol. The van der Waals surface area contributed by atoms with Gasteiger partial charge in [-0.05, 0) is 72.3 Å². The van der Waals surface area contributed by atoms with Gasteiger partial charge in [0.1, 0.15) is 0 Å². The Morgan fingerprint density at radius 3 is 2.50 bits per heavy atom. The number of nitrogens with zero attached hydrogens (tertiary/aromatic N) is 2. The third-order valence-electron chi connectivity index (χ3n) is 4.95. The van der Waals surface area contributed by atoms with Crippen LogP contribution in [0.1, 0.15) is 51.9 Å². The van der Waals surface area contributed by atoms with E-state index >= 15 is 0 Å². The molecule has 0 N–H and O–H groups in total. The SMILES string of the molecule is CCOC(=O)CC1(N2CCCCC2)CCCN(C)CC1. The molecule has 1 unspecified atom stereocenters. The third kappa shape index (κ3) is 3.95. The number of ether oxygens (including phenoxy) is 1. The minimum atomic E-state index is -0.0115. The van der Waals surface area contributed by atoms with Crippen LogP contribution >= 0.6 is 0 Å². The van der Waals surface area contributed by atoms with Gasteiger partial charge in [-0.2, -0.15) is 0 Å². The first-order valence-corrected chi connectivity index (χ1v) is 8.25. The molecule has 0 amide bonds. The molecule has 0 bridgehead atoms. The van der Waals surface area contributed by atoms with Crippen molar-refractivity contribution in [2.24, 2.45) is 0 Å². The van der Waals surface area contributed by atoms with E-state index in [1.54, 1.807) is 0 Å². The Balaban J connectivity index is 2.10. The summed E-state index contributed by atoms with van der Waals surface area (Å²) in [6.07, 6.45) is 7.90. The van der Waals surface area contributed by atoms with Crippen molar-refractivity contribution in [1.82, 2.24) is 9.80 Å². The normalized spacial score (nSPS) is 29.9. The molecule has 0 aromatic heterocycles. The molecule has 2 aliphatic heterocycles. The summed E-state index contributed by atoms with van der Waals surface area (Å²) in [5.74, 6) is -0.0115.